The minimum Gasteiger partial charge on any atom is -0.340 e. The molecule has 0 radical (unpaired) electrons. The van der Waals surface area contributed by atoms with E-state index in [-0.39, 0.29) is 5.91 Å². The predicted molar refractivity (Wildman–Crippen MR) is 85.1 cm³/mol. The first-order valence-electron chi connectivity index (χ1n) is 7.20. The van der Waals surface area contributed by atoms with E-state index in [1.54, 1.807) is 18.3 Å². The molecule has 4 nitrogen and oxygen atoms in total. The third kappa shape index (κ3) is 3.49. The van der Waals surface area contributed by atoms with Crippen molar-refractivity contribution in [3.63, 3.8) is 0 Å². The zero-order chi connectivity index (χ0) is 14.7. The van der Waals surface area contributed by atoms with Crippen LogP contribution < -0.4 is 0 Å². The second-order valence-electron chi connectivity index (χ2n) is 5.27. The molecule has 21 heavy (non-hydrogen) atoms. The van der Waals surface area contributed by atoms with Gasteiger partial charge in [0.25, 0.3) is 0 Å². The molecule has 0 spiro atoms. The SMILES string of the molecule is CC(=O)N1CCN(Cc2nc(-c3ccccc3)cs2)CC1. The highest BCUT2D eigenvalue weighted by Gasteiger charge is 2.19. The number of nitrogens with zero attached hydrogens (tertiary/aromatic N) is 3. The molecule has 1 aliphatic heterocycles. The van der Waals surface area contributed by atoms with Gasteiger partial charge in [-0.15, -0.1) is 11.3 Å². The van der Waals surface area contributed by atoms with Crippen molar-refractivity contribution in [3.05, 3.63) is 40.7 Å². The van der Waals surface area contributed by atoms with Crippen molar-refractivity contribution in [1.82, 2.24) is 14.8 Å². The van der Waals surface area contributed by atoms with Gasteiger partial charge in [0.15, 0.2) is 0 Å². The van der Waals surface area contributed by atoms with Crippen LogP contribution in [0.3, 0.4) is 0 Å². The standard InChI is InChI=1S/C16H19N3OS/c1-13(20)19-9-7-18(8-10-19)11-16-17-15(12-21-16)14-5-3-2-4-6-14/h2-6,12H,7-11H2,1H3. The minimum absolute atomic E-state index is 0.176. The number of hydrogen-bond donors (Lipinski definition) is 0. The fourth-order valence-electron chi connectivity index (χ4n) is 2.54. The molecular formula is C16H19N3OS. The van der Waals surface area contributed by atoms with E-state index in [1.807, 2.05) is 23.1 Å². The van der Waals surface area contributed by atoms with Gasteiger partial charge in [-0.05, 0) is 0 Å². The fraction of sp³-hybridized carbons (Fsp3) is 0.375. The lowest BCUT2D eigenvalue weighted by Crippen LogP contribution is -2.47. The maximum atomic E-state index is 11.3. The van der Waals surface area contributed by atoms with Gasteiger partial charge in [0.05, 0.1) is 12.2 Å². The van der Waals surface area contributed by atoms with Crippen molar-refractivity contribution in [2.24, 2.45) is 0 Å². The molecule has 2 aromatic rings. The number of amides is 1. The summed E-state index contributed by atoms with van der Waals surface area (Å²) in [5.41, 5.74) is 2.22. The van der Waals surface area contributed by atoms with Gasteiger partial charge in [0.1, 0.15) is 5.01 Å². The zero-order valence-corrected chi connectivity index (χ0v) is 13.0. The Morgan fingerprint density at radius 2 is 1.90 bits per heavy atom. The number of hydrogen-bond acceptors (Lipinski definition) is 4. The molecular weight excluding hydrogens is 282 g/mol. The highest BCUT2D eigenvalue weighted by molar-refractivity contribution is 7.09. The number of piperazine rings is 1. The maximum Gasteiger partial charge on any atom is 0.219 e. The van der Waals surface area contributed by atoms with E-state index in [0.717, 1.165) is 43.4 Å². The summed E-state index contributed by atoms with van der Waals surface area (Å²) in [6.07, 6.45) is 0. The Bertz CT molecular complexity index is 603. The van der Waals surface area contributed by atoms with Crippen molar-refractivity contribution >= 4 is 17.2 Å². The molecule has 0 N–H and O–H groups in total. The molecule has 2 heterocycles. The van der Waals surface area contributed by atoms with Crippen LogP contribution in [-0.2, 0) is 11.3 Å². The summed E-state index contributed by atoms with van der Waals surface area (Å²) >= 11 is 1.71. The molecule has 0 aliphatic carbocycles. The second kappa shape index (κ2) is 6.37. The van der Waals surface area contributed by atoms with Crippen LogP contribution in [0.4, 0.5) is 0 Å². The number of aromatic nitrogens is 1. The van der Waals surface area contributed by atoms with Crippen molar-refractivity contribution in [2.75, 3.05) is 26.2 Å². The monoisotopic (exact) mass is 301 g/mol. The van der Waals surface area contributed by atoms with Gasteiger partial charge in [-0.1, -0.05) is 30.3 Å². The lowest BCUT2D eigenvalue weighted by Gasteiger charge is -2.33. The molecule has 1 aromatic heterocycles. The van der Waals surface area contributed by atoms with Gasteiger partial charge in [0, 0.05) is 44.0 Å². The van der Waals surface area contributed by atoms with Gasteiger partial charge < -0.3 is 4.90 Å². The summed E-state index contributed by atoms with van der Waals surface area (Å²) < 4.78 is 0. The third-order valence-corrected chi connectivity index (χ3v) is 4.63. The lowest BCUT2D eigenvalue weighted by atomic mass is 10.2. The van der Waals surface area contributed by atoms with Crippen LogP contribution in [0.2, 0.25) is 0 Å². The third-order valence-electron chi connectivity index (χ3n) is 3.80. The number of rotatable bonds is 3. The number of carbonyl (C=O) groups is 1. The molecule has 1 aromatic carbocycles. The summed E-state index contributed by atoms with van der Waals surface area (Å²) in [5.74, 6) is 0.176. The van der Waals surface area contributed by atoms with Gasteiger partial charge in [0.2, 0.25) is 5.91 Å². The van der Waals surface area contributed by atoms with Crippen LogP contribution in [0, 0.1) is 0 Å². The largest absolute Gasteiger partial charge is 0.340 e. The van der Waals surface area contributed by atoms with Crippen molar-refractivity contribution < 1.29 is 4.79 Å². The smallest absolute Gasteiger partial charge is 0.219 e. The first kappa shape index (κ1) is 14.2. The Morgan fingerprint density at radius 1 is 1.19 bits per heavy atom. The Hall–Kier alpha value is -1.72. The first-order chi connectivity index (χ1) is 10.2. The summed E-state index contributed by atoms with van der Waals surface area (Å²) in [6, 6.07) is 10.3. The molecule has 5 heteroatoms. The Labute approximate surface area is 129 Å². The molecule has 0 atom stereocenters. The average molecular weight is 301 g/mol. The number of thiazole rings is 1. The highest BCUT2D eigenvalue weighted by Crippen LogP contribution is 2.22. The Kier molecular flexibility index (Phi) is 4.31. The molecule has 1 amide bonds. The van der Waals surface area contributed by atoms with Crippen LogP contribution in [0.5, 0.6) is 0 Å². The fourth-order valence-corrected chi connectivity index (χ4v) is 3.38. The van der Waals surface area contributed by atoms with Crippen LogP contribution in [0.1, 0.15) is 11.9 Å². The molecule has 0 unspecified atom stereocenters. The number of benzene rings is 1. The van der Waals surface area contributed by atoms with E-state index < -0.39 is 0 Å². The maximum absolute atomic E-state index is 11.3. The van der Waals surface area contributed by atoms with Crippen LogP contribution in [0.25, 0.3) is 11.3 Å². The topological polar surface area (TPSA) is 36.4 Å². The summed E-state index contributed by atoms with van der Waals surface area (Å²) in [4.78, 5) is 20.3. The molecule has 1 aliphatic rings. The molecule has 110 valence electrons. The van der Waals surface area contributed by atoms with Crippen molar-refractivity contribution in [3.8, 4) is 11.3 Å². The highest BCUT2D eigenvalue weighted by atomic mass is 32.1. The van der Waals surface area contributed by atoms with Gasteiger partial charge in [-0.25, -0.2) is 4.98 Å². The van der Waals surface area contributed by atoms with Crippen LogP contribution >= 0.6 is 11.3 Å². The lowest BCUT2D eigenvalue weighted by molar-refractivity contribution is -0.130. The molecule has 0 saturated carbocycles. The normalized spacial score (nSPS) is 16.1. The van der Waals surface area contributed by atoms with Crippen LogP contribution in [-0.4, -0.2) is 46.9 Å². The summed E-state index contributed by atoms with van der Waals surface area (Å²) in [7, 11) is 0. The summed E-state index contributed by atoms with van der Waals surface area (Å²) in [5, 5.41) is 3.27. The predicted octanol–water partition coefficient (Wildman–Crippen LogP) is 2.47. The molecule has 1 fully saturated rings. The molecule has 1 saturated heterocycles. The minimum atomic E-state index is 0.176. The van der Waals surface area contributed by atoms with Crippen LogP contribution in [0.15, 0.2) is 35.7 Å². The summed E-state index contributed by atoms with van der Waals surface area (Å²) in [6.45, 7) is 6.03. The van der Waals surface area contributed by atoms with Crippen molar-refractivity contribution in [2.45, 2.75) is 13.5 Å². The van der Waals surface area contributed by atoms with Gasteiger partial charge in [-0.2, -0.15) is 0 Å². The zero-order valence-electron chi connectivity index (χ0n) is 12.2. The molecule has 0 bridgehead atoms. The average Bonchev–Trinajstić information content (AvgIpc) is 2.97. The first-order valence-corrected chi connectivity index (χ1v) is 8.08. The van der Waals surface area contributed by atoms with E-state index in [2.05, 4.69) is 22.4 Å². The Balaban J connectivity index is 1.60. The Morgan fingerprint density at radius 3 is 2.57 bits per heavy atom. The quantitative estimate of drug-likeness (QED) is 0.874. The van der Waals surface area contributed by atoms with E-state index in [9.17, 15) is 4.79 Å². The van der Waals surface area contributed by atoms with Gasteiger partial charge in [-0.3, -0.25) is 9.69 Å². The van der Waals surface area contributed by atoms with E-state index in [4.69, 9.17) is 4.98 Å². The second-order valence-corrected chi connectivity index (χ2v) is 6.22. The van der Waals surface area contributed by atoms with Gasteiger partial charge >= 0.3 is 0 Å². The van der Waals surface area contributed by atoms with E-state index >= 15 is 0 Å². The molecule has 3 rings (SSSR count). The van der Waals surface area contributed by atoms with Crippen molar-refractivity contribution in [1.29, 1.82) is 0 Å². The number of carbonyl (C=O) groups excluding carboxylic acids is 1. The van der Waals surface area contributed by atoms with E-state index in [1.165, 1.54) is 5.56 Å². The van der Waals surface area contributed by atoms with E-state index in [0.29, 0.717) is 0 Å².